The van der Waals surface area contributed by atoms with E-state index in [1.54, 1.807) is 6.20 Å². The van der Waals surface area contributed by atoms with Crippen molar-refractivity contribution in [3.63, 3.8) is 0 Å². The highest BCUT2D eigenvalue weighted by Gasteiger charge is 2.14. The summed E-state index contributed by atoms with van der Waals surface area (Å²) in [5.74, 6) is -1.72. The monoisotopic (exact) mass is 389 g/mol. The molecule has 1 aromatic carbocycles. The van der Waals surface area contributed by atoms with Crippen LogP contribution >= 0.6 is 0 Å². The van der Waals surface area contributed by atoms with Crippen LogP contribution in [0.1, 0.15) is 18.4 Å². The van der Waals surface area contributed by atoms with Crippen LogP contribution in [0.15, 0.2) is 36.5 Å². The first-order valence-electron chi connectivity index (χ1n) is 8.98. The van der Waals surface area contributed by atoms with Crippen LogP contribution in [0.4, 0.5) is 25.1 Å². The van der Waals surface area contributed by atoms with Crippen molar-refractivity contribution in [1.82, 2.24) is 15.6 Å². The fourth-order valence-electron chi connectivity index (χ4n) is 2.87. The third-order valence-electron chi connectivity index (χ3n) is 4.31. The molecular formula is C19H21F2N5O2. The van der Waals surface area contributed by atoms with Gasteiger partial charge in [0, 0.05) is 37.6 Å². The van der Waals surface area contributed by atoms with Gasteiger partial charge in [0.15, 0.2) is 11.6 Å². The molecule has 0 spiro atoms. The van der Waals surface area contributed by atoms with Crippen LogP contribution in [0.2, 0.25) is 0 Å². The molecule has 0 aliphatic carbocycles. The van der Waals surface area contributed by atoms with Crippen molar-refractivity contribution in [2.24, 2.45) is 0 Å². The van der Waals surface area contributed by atoms with Crippen LogP contribution in [-0.4, -0.2) is 36.6 Å². The molecule has 0 bridgehead atoms. The van der Waals surface area contributed by atoms with Crippen LogP contribution in [0, 0.1) is 11.6 Å². The Balaban J connectivity index is 1.42. The maximum Gasteiger partial charge on any atom is 0.315 e. The zero-order chi connectivity index (χ0) is 19.9. The van der Waals surface area contributed by atoms with E-state index in [1.165, 1.54) is 6.07 Å². The number of amides is 3. The molecule has 9 heteroatoms. The number of nitrogens with one attached hydrogen (secondary N) is 3. The summed E-state index contributed by atoms with van der Waals surface area (Å²) in [4.78, 5) is 30.2. The summed E-state index contributed by atoms with van der Waals surface area (Å²) in [5, 5.41) is 7.46. The SMILES string of the molecule is O=C(CNC(=O)NCc1ccnc(N2CCCC2)c1)Nc1ccc(F)c(F)c1. The fourth-order valence-corrected chi connectivity index (χ4v) is 2.87. The number of hydrogen-bond donors (Lipinski definition) is 3. The van der Waals surface area contributed by atoms with Gasteiger partial charge in [-0.2, -0.15) is 0 Å². The van der Waals surface area contributed by atoms with E-state index in [0.29, 0.717) is 6.54 Å². The molecule has 1 aromatic heterocycles. The number of urea groups is 1. The van der Waals surface area contributed by atoms with Gasteiger partial charge in [-0.3, -0.25) is 4.79 Å². The normalized spacial score (nSPS) is 13.3. The largest absolute Gasteiger partial charge is 0.357 e. The van der Waals surface area contributed by atoms with Gasteiger partial charge in [-0.15, -0.1) is 0 Å². The van der Waals surface area contributed by atoms with E-state index in [1.807, 2.05) is 12.1 Å². The van der Waals surface area contributed by atoms with E-state index in [0.717, 1.165) is 49.4 Å². The van der Waals surface area contributed by atoms with Crippen LogP contribution in [0.25, 0.3) is 0 Å². The number of rotatable bonds is 6. The summed E-state index contributed by atoms with van der Waals surface area (Å²) in [6.07, 6.45) is 4.01. The van der Waals surface area contributed by atoms with Gasteiger partial charge in [0.25, 0.3) is 0 Å². The average molecular weight is 389 g/mol. The number of carbonyl (C=O) groups is 2. The van der Waals surface area contributed by atoms with E-state index in [9.17, 15) is 18.4 Å². The number of pyridine rings is 1. The molecule has 0 radical (unpaired) electrons. The highest BCUT2D eigenvalue weighted by Crippen LogP contribution is 2.18. The molecule has 3 amide bonds. The molecule has 0 atom stereocenters. The zero-order valence-electron chi connectivity index (χ0n) is 15.2. The van der Waals surface area contributed by atoms with E-state index in [4.69, 9.17) is 0 Å². The molecule has 3 rings (SSSR count). The minimum absolute atomic E-state index is 0.109. The molecule has 1 aliphatic rings. The average Bonchev–Trinajstić information content (AvgIpc) is 3.23. The van der Waals surface area contributed by atoms with Crippen molar-refractivity contribution in [3.05, 3.63) is 53.7 Å². The third-order valence-corrected chi connectivity index (χ3v) is 4.31. The number of aromatic nitrogens is 1. The molecule has 148 valence electrons. The highest BCUT2D eigenvalue weighted by molar-refractivity contribution is 5.94. The maximum atomic E-state index is 13.1. The van der Waals surface area contributed by atoms with Crippen molar-refractivity contribution >= 4 is 23.4 Å². The van der Waals surface area contributed by atoms with Gasteiger partial charge in [0.2, 0.25) is 5.91 Å². The Morgan fingerprint density at radius 1 is 1.04 bits per heavy atom. The molecule has 28 heavy (non-hydrogen) atoms. The lowest BCUT2D eigenvalue weighted by Gasteiger charge is -2.17. The molecule has 1 fully saturated rings. The molecular weight excluding hydrogens is 368 g/mol. The van der Waals surface area contributed by atoms with Gasteiger partial charge in [-0.1, -0.05) is 0 Å². The number of halogens is 2. The van der Waals surface area contributed by atoms with Crippen LogP contribution < -0.4 is 20.9 Å². The third kappa shape index (κ3) is 5.38. The van der Waals surface area contributed by atoms with Crippen LogP contribution in [0.5, 0.6) is 0 Å². The van der Waals surface area contributed by atoms with Crippen molar-refractivity contribution in [3.8, 4) is 0 Å². The standard InChI is InChI=1S/C19H21F2N5O2/c20-15-4-3-14(10-16(15)21)25-18(27)12-24-19(28)23-11-13-5-6-22-17(9-13)26-7-1-2-8-26/h3-6,9-10H,1-2,7-8,11-12H2,(H,25,27)(H2,23,24,28). The second-order valence-corrected chi connectivity index (χ2v) is 6.43. The van der Waals surface area contributed by atoms with Crippen molar-refractivity contribution in [2.75, 3.05) is 29.9 Å². The predicted molar refractivity (Wildman–Crippen MR) is 101 cm³/mol. The Morgan fingerprint density at radius 3 is 2.57 bits per heavy atom. The number of nitrogens with zero attached hydrogens (tertiary/aromatic N) is 2. The lowest BCUT2D eigenvalue weighted by molar-refractivity contribution is -0.115. The number of carbonyl (C=O) groups excluding carboxylic acids is 2. The van der Waals surface area contributed by atoms with Gasteiger partial charge in [0.1, 0.15) is 5.82 Å². The van der Waals surface area contributed by atoms with E-state index in [-0.39, 0.29) is 12.2 Å². The summed E-state index contributed by atoms with van der Waals surface area (Å²) in [6, 6.07) is 6.25. The van der Waals surface area contributed by atoms with E-state index in [2.05, 4.69) is 25.8 Å². The van der Waals surface area contributed by atoms with Gasteiger partial charge >= 0.3 is 6.03 Å². The van der Waals surface area contributed by atoms with Crippen molar-refractivity contribution in [1.29, 1.82) is 0 Å². The van der Waals surface area contributed by atoms with Crippen molar-refractivity contribution in [2.45, 2.75) is 19.4 Å². The molecule has 2 aromatic rings. The smallest absolute Gasteiger partial charge is 0.315 e. The molecule has 1 aliphatic heterocycles. The second kappa shape index (κ2) is 9.12. The topological polar surface area (TPSA) is 86.4 Å². The van der Waals surface area contributed by atoms with Gasteiger partial charge in [-0.05, 0) is 42.7 Å². The van der Waals surface area contributed by atoms with E-state index >= 15 is 0 Å². The second-order valence-electron chi connectivity index (χ2n) is 6.43. The Kier molecular flexibility index (Phi) is 6.36. The minimum atomic E-state index is -1.06. The first-order chi connectivity index (χ1) is 13.5. The first-order valence-corrected chi connectivity index (χ1v) is 8.98. The van der Waals surface area contributed by atoms with Gasteiger partial charge in [-0.25, -0.2) is 18.6 Å². The molecule has 0 saturated carbocycles. The molecule has 2 heterocycles. The fraction of sp³-hybridized carbons (Fsp3) is 0.316. The summed E-state index contributed by atoms with van der Waals surface area (Å²) >= 11 is 0. The molecule has 1 saturated heterocycles. The van der Waals surface area contributed by atoms with Gasteiger partial charge in [0.05, 0.1) is 6.54 Å². The summed E-state index contributed by atoms with van der Waals surface area (Å²) in [6.45, 7) is 1.95. The molecule has 3 N–H and O–H groups in total. The number of anilines is 2. The summed E-state index contributed by atoms with van der Waals surface area (Å²) in [7, 11) is 0. The lowest BCUT2D eigenvalue weighted by atomic mass is 10.2. The maximum absolute atomic E-state index is 13.1. The zero-order valence-corrected chi connectivity index (χ0v) is 15.2. The summed E-state index contributed by atoms with van der Waals surface area (Å²) < 4.78 is 26.0. The van der Waals surface area contributed by atoms with E-state index < -0.39 is 23.6 Å². The van der Waals surface area contributed by atoms with Crippen LogP contribution in [-0.2, 0) is 11.3 Å². The summed E-state index contributed by atoms with van der Waals surface area (Å²) in [5.41, 5.74) is 1.01. The number of hydrogen-bond acceptors (Lipinski definition) is 4. The highest BCUT2D eigenvalue weighted by atomic mass is 19.2. The predicted octanol–water partition coefficient (Wildman–Crippen LogP) is 2.40. The lowest BCUT2D eigenvalue weighted by Crippen LogP contribution is -2.39. The minimum Gasteiger partial charge on any atom is -0.357 e. The Bertz CT molecular complexity index is 856. The Labute approximate surface area is 161 Å². The quantitative estimate of drug-likeness (QED) is 0.708. The van der Waals surface area contributed by atoms with Gasteiger partial charge < -0.3 is 20.9 Å². The van der Waals surface area contributed by atoms with Crippen LogP contribution in [0.3, 0.4) is 0 Å². The Morgan fingerprint density at radius 2 is 1.82 bits per heavy atom. The molecule has 7 nitrogen and oxygen atoms in total. The Hall–Kier alpha value is -3.23. The van der Waals surface area contributed by atoms with Crippen molar-refractivity contribution < 1.29 is 18.4 Å². The molecule has 0 unspecified atom stereocenters. The first kappa shape index (κ1) is 19.5. The number of benzene rings is 1.